The van der Waals surface area contributed by atoms with Gasteiger partial charge in [-0.3, -0.25) is 9.59 Å². The Bertz CT molecular complexity index is 737. The van der Waals surface area contributed by atoms with E-state index in [0.717, 1.165) is 16.7 Å². The molecule has 2 aromatic rings. The van der Waals surface area contributed by atoms with Crippen molar-refractivity contribution < 1.29 is 14.3 Å². The van der Waals surface area contributed by atoms with Crippen LogP contribution in [0.1, 0.15) is 16.7 Å². The van der Waals surface area contributed by atoms with E-state index in [-0.39, 0.29) is 12.5 Å². The maximum absolute atomic E-state index is 11.9. The van der Waals surface area contributed by atoms with Crippen LogP contribution in [0.5, 0.6) is 5.75 Å². The molecule has 0 aliphatic carbocycles. The second-order valence-corrected chi connectivity index (χ2v) is 5.30. The third-order valence-electron chi connectivity index (χ3n) is 3.40. The van der Waals surface area contributed by atoms with Gasteiger partial charge in [0.05, 0.1) is 0 Å². The lowest BCUT2D eigenvalue weighted by Crippen LogP contribution is -2.20. The normalized spacial score (nSPS) is 10.5. The van der Waals surface area contributed by atoms with Crippen molar-refractivity contribution in [1.82, 2.24) is 5.32 Å². The fourth-order valence-electron chi connectivity index (χ4n) is 2.05. The third-order valence-corrected chi connectivity index (χ3v) is 3.40. The van der Waals surface area contributed by atoms with Crippen LogP contribution < -0.4 is 15.8 Å². The number of carbonyl (C=O) groups is 2. The van der Waals surface area contributed by atoms with Crippen LogP contribution in [0.3, 0.4) is 0 Å². The molecule has 0 saturated carbocycles. The Morgan fingerprint density at radius 2 is 1.83 bits per heavy atom. The van der Waals surface area contributed by atoms with Crippen molar-refractivity contribution >= 4 is 17.9 Å². The number of rotatable bonds is 7. The number of benzene rings is 2. The number of ether oxygens (including phenoxy) is 1. The van der Waals surface area contributed by atoms with Crippen molar-refractivity contribution in [3.05, 3.63) is 71.3 Å². The van der Waals surface area contributed by atoms with Gasteiger partial charge in [0, 0.05) is 12.6 Å². The minimum absolute atomic E-state index is 0.156. The standard InChI is InChI=1S/C19H20N2O3/c1-14-4-2-3-5-16(14)12-21-19(23)11-8-15-6-9-17(10-7-15)24-13-18(20)22/h2-11H,12-13H2,1H3,(H2,20,22)(H,21,23)/b11-8+. The monoisotopic (exact) mass is 324 g/mol. The highest BCUT2D eigenvalue weighted by Crippen LogP contribution is 2.13. The first-order valence-corrected chi connectivity index (χ1v) is 7.56. The lowest BCUT2D eigenvalue weighted by atomic mass is 10.1. The Kier molecular flexibility index (Phi) is 6.14. The first-order valence-electron chi connectivity index (χ1n) is 7.56. The number of hydrogen-bond acceptors (Lipinski definition) is 3. The summed E-state index contributed by atoms with van der Waals surface area (Å²) in [5.41, 5.74) is 8.10. The molecule has 2 rings (SSSR count). The van der Waals surface area contributed by atoms with Gasteiger partial charge in [-0.05, 0) is 41.8 Å². The molecular formula is C19H20N2O3. The fourth-order valence-corrected chi connectivity index (χ4v) is 2.05. The molecule has 0 fully saturated rings. The Morgan fingerprint density at radius 1 is 1.12 bits per heavy atom. The van der Waals surface area contributed by atoms with Crippen molar-refractivity contribution in [2.45, 2.75) is 13.5 Å². The number of amides is 2. The molecule has 0 radical (unpaired) electrons. The van der Waals surface area contributed by atoms with Gasteiger partial charge in [0.1, 0.15) is 5.75 Å². The van der Waals surface area contributed by atoms with E-state index in [2.05, 4.69) is 5.32 Å². The van der Waals surface area contributed by atoms with E-state index in [1.54, 1.807) is 30.3 Å². The molecule has 0 spiro atoms. The van der Waals surface area contributed by atoms with E-state index in [1.807, 2.05) is 31.2 Å². The second kappa shape index (κ2) is 8.53. The summed E-state index contributed by atoms with van der Waals surface area (Å²) in [5, 5.41) is 2.85. The van der Waals surface area contributed by atoms with Crippen LogP contribution in [-0.2, 0) is 16.1 Å². The van der Waals surface area contributed by atoms with Gasteiger partial charge in [-0.15, -0.1) is 0 Å². The van der Waals surface area contributed by atoms with Gasteiger partial charge in [-0.25, -0.2) is 0 Å². The van der Waals surface area contributed by atoms with Gasteiger partial charge in [0.2, 0.25) is 5.91 Å². The molecule has 0 saturated heterocycles. The zero-order valence-corrected chi connectivity index (χ0v) is 13.5. The first kappa shape index (κ1) is 17.3. The van der Waals surface area contributed by atoms with E-state index < -0.39 is 5.91 Å². The Hall–Kier alpha value is -3.08. The molecule has 2 amide bonds. The van der Waals surface area contributed by atoms with Crippen molar-refractivity contribution in [2.24, 2.45) is 5.73 Å². The summed E-state index contributed by atoms with van der Waals surface area (Å²) in [6.07, 6.45) is 3.20. The molecule has 24 heavy (non-hydrogen) atoms. The molecule has 0 aliphatic heterocycles. The zero-order chi connectivity index (χ0) is 17.4. The maximum Gasteiger partial charge on any atom is 0.255 e. The van der Waals surface area contributed by atoms with Gasteiger partial charge in [0.15, 0.2) is 6.61 Å². The summed E-state index contributed by atoms with van der Waals surface area (Å²) >= 11 is 0. The highest BCUT2D eigenvalue weighted by atomic mass is 16.5. The zero-order valence-electron chi connectivity index (χ0n) is 13.5. The average molecular weight is 324 g/mol. The summed E-state index contributed by atoms with van der Waals surface area (Å²) < 4.78 is 5.17. The van der Waals surface area contributed by atoms with E-state index in [0.29, 0.717) is 12.3 Å². The van der Waals surface area contributed by atoms with Crippen LogP contribution >= 0.6 is 0 Å². The average Bonchev–Trinajstić information content (AvgIpc) is 2.58. The van der Waals surface area contributed by atoms with Crippen LogP contribution in [0.2, 0.25) is 0 Å². The largest absolute Gasteiger partial charge is 0.484 e. The van der Waals surface area contributed by atoms with E-state index >= 15 is 0 Å². The minimum Gasteiger partial charge on any atom is -0.484 e. The highest BCUT2D eigenvalue weighted by Gasteiger charge is 2.00. The number of aryl methyl sites for hydroxylation is 1. The van der Waals surface area contributed by atoms with E-state index in [1.165, 1.54) is 6.08 Å². The summed E-state index contributed by atoms with van der Waals surface area (Å²) in [5.74, 6) is -0.133. The van der Waals surface area contributed by atoms with Gasteiger partial charge >= 0.3 is 0 Å². The van der Waals surface area contributed by atoms with Gasteiger partial charge in [-0.1, -0.05) is 36.4 Å². The van der Waals surface area contributed by atoms with Crippen molar-refractivity contribution in [3.63, 3.8) is 0 Å². The smallest absolute Gasteiger partial charge is 0.255 e. The van der Waals surface area contributed by atoms with E-state index in [9.17, 15) is 9.59 Å². The predicted octanol–water partition coefficient (Wildman–Crippen LogP) is 2.19. The number of nitrogens with one attached hydrogen (secondary N) is 1. The molecule has 5 heteroatoms. The number of nitrogens with two attached hydrogens (primary N) is 1. The van der Waals surface area contributed by atoms with Gasteiger partial charge in [-0.2, -0.15) is 0 Å². The third kappa shape index (κ3) is 5.61. The Morgan fingerprint density at radius 3 is 2.50 bits per heavy atom. The van der Waals surface area contributed by atoms with Gasteiger partial charge in [0.25, 0.3) is 5.91 Å². The number of hydrogen-bond donors (Lipinski definition) is 2. The summed E-state index contributed by atoms with van der Waals surface area (Å²) in [7, 11) is 0. The SMILES string of the molecule is Cc1ccccc1CNC(=O)/C=C/c1ccc(OCC(N)=O)cc1. The highest BCUT2D eigenvalue weighted by molar-refractivity contribution is 5.91. The quantitative estimate of drug-likeness (QED) is 0.766. The number of primary amides is 1. The van der Waals surface area contributed by atoms with Crippen LogP contribution in [0.4, 0.5) is 0 Å². The number of carbonyl (C=O) groups excluding carboxylic acids is 2. The minimum atomic E-state index is -0.524. The molecule has 0 aromatic heterocycles. The summed E-state index contributed by atoms with van der Waals surface area (Å²) in [4.78, 5) is 22.5. The van der Waals surface area contributed by atoms with Crippen LogP contribution in [-0.4, -0.2) is 18.4 Å². The van der Waals surface area contributed by atoms with Crippen molar-refractivity contribution in [3.8, 4) is 5.75 Å². The molecule has 0 aliphatic rings. The molecular weight excluding hydrogens is 304 g/mol. The van der Waals surface area contributed by atoms with Crippen molar-refractivity contribution in [2.75, 3.05) is 6.61 Å². The molecule has 0 atom stereocenters. The van der Waals surface area contributed by atoms with Crippen LogP contribution in [0.15, 0.2) is 54.6 Å². The van der Waals surface area contributed by atoms with Crippen molar-refractivity contribution in [1.29, 1.82) is 0 Å². The molecule has 0 heterocycles. The molecule has 2 aromatic carbocycles. The topological polar surface area (TPSA) is 81.4 Å². The molecule has 5 nitrogen and oxygen atoms in total. The fraction of sp³-hybridized carbons (Fsp3) is 0.158. The second-order valence-electron chi connectivity index (χ2n) is 5.30. The summed E-state index contributed by atoms with van der Waals surface area (Å²) in [6, 6.07) is 14.9. The molecule has 0 unspecified atom stereocenters. The predicted molar refractivity (Wildman–Crippen MR) is 93.2 cm³/mol. The van der Waals surface area contributed by atoms with Gasteiger partial charge < -0.3 is 15.8 Å². The Labute approximate surface area is 141 Å². The maximum atomic E-state index is 11.9. The van der Waals surface area contributed by atoms with E-state index in [4.69, 9.17) is 10.5 Å². The lowest BCUT2D eigenvalue weighted by molar-refractivity contribution is -0.120. The lowest BCUT2D eigenvalue weighted by Gasteiger charge is -2.06. The molecule has 3 N–H and O–H groups in total. The molecule has 124 valence electrons. The summed E-state index contributed by atoms with van der Waals surface area (Å²) in [6.45, 7) is 2.35. The first-order chi connectivity index (χ1) is 11.5. The Balaban J connectivity index is 1.85. The van der Waals surface area contributed by atoms with Crippen LogP contribution in [0.25, 0.3) is 6.08 Å². The molecule has 0 bridgehead atoms. The van der Waals surface area contributed by atoms with Crippen LogP contribution in [0, 0.1) is 6.92 Å².